The summed E-state index contributed by atoms with van der Waals surface area (Å²) in [5.41, 5.74) is 1.66. The molecule has 1 atom stereocenters. The number of hydrogen-bond donors (Lipinski definition) is 1. The minimum atomic E-state index is -0.273. The standard InChI is InChI=1S/C24H37NO3/c26-24(28-19-23-18-27-23)21-13-15-22(16-14-21)25-17-9-4-2-1-3-6-10-20-11-7-5-8-12-20/h13-16,20,23,25H,1-12,17-19H2. The van der Waals surface area contributed by atoms with Crippen LogP contribution in [0.4, 0.5) is 5.69 Å². The van der Waals surface area contributed by atoms with Crippen molar-refractivity contribution in [1.29, 1.82) is 0 Å². The Hall–Kier alpha value is -1.55. The zero-order valence-electron chi connectivity index (χ0n) is 17.3. The van der Waals surface area contributed by atoms with Gasteiger partial charge in [-0.2, -0.15) is 0 Å². The van der Waals surface area contributed by atoms with E-state index in [1.54, 1.807) is 0 Å². The van der Waals surface area contributed by atoms with Gasteiger partial charge in [0.05, 0.1) is 12.2 Å². The summed E-state index contributed by atoms with van der Waals surface area (Å²) in [4.78, 5) is 11.9. The van der Waals surface area contributed by atoms with Crippen molar-refractivity contribution in [3.8, 4) is 0 Å². The molecule has 1 unspecified atom stereocenters. The number of hydrogen-bond acceptors (Lipinski definition) is 4. The molecule has 1 aromatic carbocycles. The minimum Gasteiger partial charge on any atom is -0.459 e. The number of nitrogens with one attached hydrogen (secondary N) is 1. The predicted octanol–water partition coefficient (Wildman–Crippen LogP) is 5.97. The van der Waals surface area contributed by atoms with Gasteiger partial charge >= 0.3 is 5.97 Å². The lowest BCUT2D eigenvalue weighted by atomic mass is 9.85. The summed E-state index contributed by atoms with van der Waals surface area (Å²) in [7, 11) is 0. The molecule has 2 aliphatic rings. The molecule has 28 heavy (non-hydrogen) atoms. The van der Waals surface area contributed by atoms with Crippen LogP contribution >= 0.6 is 0 Å². The Balaban J connectivity index is 1.16. The van der Waals surface area contributed by atoms with Gasteiger partial charge in [0, 0.05) is 12.2 Å². The monoisotopic (exact) mass is 387 g/mol. The third kappa shape index (κ3) is 8.22. The van der Waals surface area contributed by atoms with Crippen LogP contribution in [0.25, 0.3) is 0 Å². The lowest BCUT2D eigenvalue weighted by Gasteiger charge is -2.21. The average molecular weight is 388 g/mol. The topological polar surface area (TPSA) is 50.9 Å². The highest BCUT2D eigenvalue weighted by molar-refractivity contribution is 5.89. The number of epoxide rings is 1. The maximum atomic E-state index is 11.9. The molecular formula is C24H37NO3. The van der Waals surface area contributed by atoms with E-state index in [9.17, 15) is 4.79 Å². The molecule has 1 saturated heterocycles. The van der Waals surface area contributed by atoms with Crippen molar-refractivity contribution in [3.63, 3.8) is 0 Å². The van der Waals surface area contributed by atoms with Crippen molar-refractivity contribution < 1.29 is 14.3 Å². The molecule has 156 valence electrons. The number of carbonyl (C=O) groups excluding carboxylic acids is 1. The summed E-state index contributed by atoms with van der Waals surface area (Å²) >= 11 is 0. The number of anilines is 1. The SMILES string of the molecule is O=C(OCC1CO1)c1ccc(NCCCCCCCCC2CCCCC2)cc1. The Bertz CT molecular complexity index is 562. The van der Waals surface area contributed by atoms with Gasteiger partial charge in [-0.05, 0) is 36.6 Å². The molecule has 1 saturated carbocycles. The highest BCUT2D eigenvalue weighted by Crippen LogP contribution is 2.28. The number of rotatable bonds is 13. The molecule has 1 heterocycles. The summed E-state index contributed by atoms with van der Waals surface area (Å²) in [5.74, 6) is 0.768. The molecule has 2 fully saturated rings. The lowest BCUT2D eigenvalue weighted by Crippen LogP contribution is -2.10. The fourth-order valence-electron chi connectivity index (χ4n) is 4.11. The fraction of sp³-hybridized carbons (Fsp3) is 0.708. The third-order valence-corrected chi connectivity index (χ3v) is 6.02. The molecule has 3 rings (SSSR count). The van der Waals surface area contributed by atoms with Gasteiger partial charge < -0.3 is 14.8 Å². The largest absolute Gasteiger partial charge is 0.459 e. The molecular weight excluding hydrogens is 350 g/mol. The van der Waals surface area contributed by atoms with Crippen LogP contribution in [0.1, 0.15) is 87.4 Å². The van der Waals surface area contributed by atoms with Crippen LogP contribution in [-0.2, 0) is 9.47 Å². The van der Waals surface area contributed by atoms with E-state index in [1.807, 2.05) is 24.3 Å². The number of ether oxygens (including phenoxy) is 2. The molecule has 0 aromatic heterocycles. The van der Waals surface area contributed by atoms with Crippen molar-refractivity contribution in [2.75, 3.05) is 25.1 Å². The van der Waals surface area contributed by atoms with Crippen molar-refractivity contribution in [3.05, 3.63) is 29.8 Å². The summed E-state index contributed by atoms with van der Waals surface area (Å²) in [6.45, 7) is 2.06. The molecule has 1 aromatic rings. The quantitative estimate of drug-likeness (QED) is 0.257. The van der Waals surface area contributed by atoms with Crippen molar-refractivity contribution >= 4 is 11.7 Å². The van der Waals surface area contributed by atoms with Crippen molar-refractivity contribution in [2.45, 2.75) is 83.2 Å². The molecule has 0 spiro atoms. The number of esters is 1. The van der Waals surface area contributed by atoms with Crippen molar-refractivity contribution in [2.24, 2.45) is 5.92 Å². The van der Waals surface area contributed by atoms with Gasteiger partial charge in [-0.25, -0.2) is 4.79 Å². The molecule has 0 amide bonds. The molecule has 0 bridgehead atoms. The highest BCUT2D eigenvalue weighted by Gasteiger charge is 2.24. The normalized spacial score (nSPS) is 19.4. The second-order valence-electron chi connectivity index (χ2n) is 8.47. The van der Waals surface area contributed by atoms with E-state index < -0.39 is 0 Å². The second kappa shape index (κ2) is 12.1. The summed E-state index contributed by atoms with van der Waals surface area (Å²) in [6.07, 6.45) is 17.1. The zero-order chi connectivity index (χ0) is 19.4. The Morgan fingerprint density at radius 1 is 0.964 bits per heavy atom. The van der Waals surface area contributed by atoms with E-state index in [1.165, 1.54) is 77.0 Å². The van der Waals surface area contributed by atoms with Crippen LogP contribution in [0, 0.1) is 5.92 Å². The van der Waals surface area contributed by atoms with Crippen LogP contribution in [0.15, 0.2) is 24.3 Å². The smallest absolute Gasteiger partial charge is 0.338 e. The molecule has 4 heteroatoms. The minimum absolute atomic E-state index is 0.113. The molecule has 0 radical (unpaired) electrons. The number of benzene rings is 1. The number of unbranched alkanes of at least 4 members (excludes halogenated alkanes) is 5. The predicted molar refractivity (Wildman–Crippen MR) is 114 cm³/mol. The van der Waals surface area contributed by atoms with Gasteiger partial charge in [-0.15, -0.1) is 0 Å². The van der Waals surface area contributed by atoms with Gasteiger partial charge in [0.1, 0.15) is 12.7 Å². The first-order chi connectivity index (χ1) is 13.8. The van der Waals surface area contributed by atoms with Crippen LogP contribution in [-0.4, -0.2) is 31.8 Å². The zero-order valence-corrected chi connectivity index (χ0v) is 17.3. The van der Waals surface area contributed by atoms with Crippen LogP contribution < -0.4 is 5.32 Å². The summed E-state index contributed by atoms with van der Waals surface area (Å²) in [5, 5.41) is 3.44. The van der Waals surface area contributed by atoms with Gasteiger partial charge in [-0.1, -0.05) is 70.6 Å². The Kier molecular flexibility index (Phi) is 9.15. The van der Waals surface area contributed by atoms with E-state index in [4.69, 9.17) is 9.47 Å². The first-order valence-electron chi connectivity index (χ1n) is 11.4. The maximum Gasteiger partial charge on any atom is 0.338 e. The molecule has 1 aliphatic carbocycles. The first-order valence-corrected chi connectivity index (χ1v) is 11.4. The lowest BCUT2D eigenvalue weighted by molar-refractivity contribution is 0.0476. The van der Waals surface area contributed by atoms with Gasteiger partial charge in [0.25, 0.3) is 0 Å². The van der Waals surface area contributed by atoms with Gasteiger partial charge in [0.15, 0.2) is 0 Å². The summed E-state index contributed by atoms with van der Waals surface area (Å²) in [6, 6.07) is 7.56. The first kappa shape index (κ1) is 21.2. The second-order valence-corrected chi connectivity index (χ2v) is 8.47. The van der Waals surface area contributed by atoms with E-state index >= 15 is 0 Å². The average Bonchev–Trinajstić information content (AvgIpc) is 3.56. The highest BCUT2D eigenvalue weighted by atomic mass is 16.6. The van der Waals surface area contributed by atoms with Crippen LogP contribution in [0.2, 0.25) is 0 Å². The third-order valence-electron chi connectivity index (χ3n) is 6.02. The molecule has 4 nitrogen and oxygen atoms in total. The fourth-order valence-corrected chi connectivity index (χ4v) is 4.11. The maximum absolute atomic E-state index is 11.9. The van der Waals surface area contributed by atoms with E-state index in [2.05, 4.69) is 5.32 Å². The van der Waals surface area contributed by atoms with E-state index in [0.717, 1.165) is 18.2 Å². The van der Waals surface area contributed by atoms with E-state index in [-0.39, 0.29) is 12.1 Å². The van der Waals surface area contributed by atoms with Crippen LogP contribution in [0.3, 0.4) is 0 Å². The van der Waals surface area contributed by atoms with Gasteiger partial charge in [0.2, 0.25) is 0 Å². The van der Waals surface area contributed by atoms with E-state index in [0.29, 0.717) is 18.8 Å². The Morgan fingerprint density at radius 2 is 1.64 bits per heavy atom. The number of carbonyl (C=O) groups is 1. The van der Waals surface area contributed by atoms with Gasteiger partial charge in [-0.3, -0.25) is 0 Å². The summed E-state index contributed by atoms with van der Waals surface area (Å²) < 4.78 is 10.2. The molecule has 1 N–H and O–H groups in total. The van der Waals surface area contributed by atoms with Crippen molar-refractivity contribution in [1.82, 2.24) is 0 Å². The van der Waals surface area contributed by atoms with Crippen LogP contribution in [0.5, 0.6) is 0 Å². The molecule has 1 aliphatic heterocycles. The Labute approximate surface area is 170 Å². The Morgan fingerprint density at radius 3 is 2.36 bits per heavy atom.